The lowest BCUT2D eigenvalue weighted by Crippen LogP contribution is -2.48. The predicted octanol–water partition coefficient (Wildman–Crippen LogP) is 4.19. The first kappa shape index (κ1) is 25.9. The third-order valence-corrected chi connectivity index (χ3v) is 6.64. The molecule has 2 fully saturated rings. The second kappa shape index (κ2) is 12.0. The molecule has 7 heteroatoms. The van der Waals surface area contributed by atoms with Crippen LogP contribution in [0.1, 0.15) is 68.8 Å². The standard InChI is InChI=1S/C24H38N4O2.HI/c1-5-24(12-6-7-13-24)17-27-23(25-4)26-14-20-8-10-21(11-9-20)22(29)28-15-18(2)30-19(3)16-28;/h8-11,18-19H,5-7,12-17H2,1-4H3,(H2,25,26,27);1H. The number of amides is 1. The molecule has 3 rings (SSSR count). The van der Waals surface area contributed by atoms with Crippen LogP contribution in [0.4, 0.5) is 0 Å². The molecule has 2 unspecified atom stereocenters. The zero-order valence-electron chi connectivity index (χ0n) is 19.4. The molecule has 1 aromatic rings. The number of halogens is 1. The van der Waals surface area contributed by atoms with Gasteiger partial charge in [-0.3, -0.25) is 9.79 Å². The second-order valence-electron chi connectivity index (χ2n) is 9.00. The quantitative estimate of drug-likeness (QED) is 0.322. The van der Waals surface area contributed by atoms with Gasteiger partial charge in [0, 0.05) is 38.8 Å². The minimum Gasteiger partial charge on any atom is -0.372 e. The van der Waals surface area contributed by atoms with Crippen LogP contribution >= 0.6 is 24.0 Å². The molecule has 174 valence electrons. The molecule has 1 aliphatic carbocycles. The van der Waals surface area contributed by atoms with E-state index >= 15 is 0 Å². The fourth-order valence-corrected chi connectivity index (χ4v) is 4.75. The number of hydrogen-bond acceptors (Lipinski definition) is 3. The van der Waals surface area contributed by atoms with Crippen LogP contribution in [0.25, 0.3) is 0 Å². The van der Waals surface area contributed by atoms with Gasteiger partial charge < -0.3 is 20.3 Å². The monoisotopic (exact) mass is 542 g/mol. The largest absolute Gasteiger partial charge is 0.372 e. The molecule has 1 heterocycles. The maximum Gasteiger partial charge on any atom is 0.254 e. The predicted molar refractivity (Wildman–Crippen MR) is 137 cm³/mol. The molecule has 2 aliphatic rings. The first-order valence-corrected chi connectivity index (χ1v) is 11.4. The lowest BCUT2D eigenvalue weighted by atomic mass is 9.83. The number of nitrogens with one attached hydrogen (secondary N) is 2. The van der Waals surface area contributed by atoms with Crippen molar-refractivity contribution in [3.8, 4) is 0 Å². The van der Waals surface area contributed by atoms with E-state index in [1.807, 2.05) is 50.1 Å². The van der Waals surface area contributed by atoms with E-state index in [1.165, 1.54) is 32.1 Å². The third-order valence-electron chi connectivity index (χ3n) is 6.64. The van der Waals surface area contributed by atoms with E-state index in [-0.39, 0.29) is 42.1 Å². The van der Waals surface area contributed by atoms with Crippen LogP contribution in [-0.2, 0) is 11.3 Å². The third kappa shape index (κ3) is 7.07. The Balaban J connectivity index is 0.00000341. The minimum atomic E-state index is 0. The van der Waals surface area contributed by atoms with Crippen LogP contribution in [0.3, 0.4) is 0 Å². The molecule has 31 heavy (non-hydrogen) atoms. The summed E-state index contributed by atoms with van der Waals surface area (Å²) in [5.74, 6) is 0.918. The number of ether oxygens (including phenoxy) is 1. The minimum absolute atomic E-state index is 0. The van der Waals surface area contributed by atoms with Crippen molar-refractivity contribution >= 4 is 35.8 Å². The highest BCUT2D eigenvalue weighted by molar-refractivity contribution is 14.0. The molecule has 2 N–H and O–H groups in total. The summed E-state index contributed by atoms with van der Waals surface area (Å²) in [7, 11) is 1.81. The van der Waals surface area contributed by atoms with Gasteiger partial charge in [-0.15, -0.1) is 24.0 Å². The van der Waals surface area contributed by atoms with E-state index in [0.717, 1.165) is 23.6 Å². The summed E-state index contributed by atoms with van der Waals surface area (Å²) in [6.07, 6.45) is 6.68. The Morgan fingerprint density at radius 2 is 1.74 bits per heavy atom. The number of guanidine groups is 1. The molecule has 0 aromatic heterocycles. The van der Waals surface area contributed by atoms with E-state index in [2.05, 4.69) is 22.5 Å². The van der Waals surface area contributed by atoms with E-state index < -0.39 is 0 Å². The maximum atomic E-state index is 12.8. The highest BCUT2D eigenvalue weighted by Crippen LogP contribution is 2.40. The fourth-order valence-electron chi connectivity index (χ4n) is 4.75. The second-order valence-corrected chi connectivity index (χ2v) is 9.00. The van der Waals surface area contributed by atoms with Crippen LogP contribution in [-0.4, -0.2) is 55.7 Å². The first-order valence-electron chi connectivity index (χ1n) is 11.4. The molecule has 0 spiro atoms. The van der Waals surface area contributed by atoms with Gasteiger partial charge in [0.15, 0.2) is 5.96 Å². The Morgan fingerprint density at radius 3 is 2.29 bits per heavy atom. The number of benzene rings is 1. The smallest absolute Gasteiger partial charge is 0.254 e. The zero-order valence-corrected chi connectivity index (χ0v) is 21.8. The molecule has 1 amide bonds. The van der Waals surface area contributed by atoms with Crippen LogP contribution in [0, 0.1) is 5.41 Å². The van der Waals surface area contributed by atoms with E-state index in [0.29, 0.717) is 25.0 Å². The molecule has 2 atom stereocenters. The van der Waals surface area contributed by atoms with Gasteiger partial charge in [0.25, 0.3) is 5.91 Å². The van der Waals surface area contributed by atoms with Gasteiger partial charge in [-0.1, -0.05) is 31.9 Å². The zero-order chi connectivity index (χ0) is 21.6. The Hall–Kier alpha value is -1.35. The van der Waals surface area contributed by atoms with E-state index in [1.54, 1.807) is 0 Å². The van der Waals surface area contributed by atoms with Crippen LogP contribution in [0.15, 0.2) is 29.3 Å². The molecule has 1 saturated carbocycles. The number of hydrogen-bond donors (Lipinski definition) is 2. The van der Waals surface area contributed by atoms with Crippen LogP contribution in [0.2, 0.25) is 0 Å². The average Bonchev–Trinajstić information content (AvgIpc) is 3.22. The number of aliphatic imine (C=N–C) groups is 1. The van der Waals surface area contributed by atoms with Gasteiger partial charge in [0.1, 0.15) is 0 Å². The highest BCUT2D eigenvalue weighted by atomic mass is 127. The molecule has 6 nitrogen and oxygen atoms in total. The Bertz CT molecular complexity index is 722. The molecular weight excluding hydrogens is 503 g/mol. The van der Waals surface area contributed by atoms with Gasteiger partial charge >= 0.3 is 0 Å². The molecule has 1 aliphatic heterocycles. The summed E-state index contributed by atoms with van der Waals surface area (Å²) >= 11 is 0. The number of carbonyl (C=O) groups is 1. The van der Waals surface area contributed by atoms with E-state index in [4.69, 9.17) is 4.74 Å². The van der Waals surface area contributed by atoms with E-state index in [9.17, 15) is 4.79 Å². The topological polar surface area (TPSA) is 66.0 Å². The van der Waals surface area contributed by atoms with Crippen molar-refractivity contribution in [2.75, 3.05) is 26.7 Å². The first-order chi connectivity index (χ1) is 14.4. The summed E-state index contributed by atoms with van der Waals surface area (Å²) in [5, 5.41) is 6.92. The molecular formula is C24H39IN4O2. The Kier molecular flexibility index (Phi) is 10.1. The van der Waals surface area contributed by atoms with Crippen LogP contribution < -0.4 is 10.6 Å². The van der Waals surface area contributed by atoms with Crippen molar-refractivity contribution in [1.29, 1.82) is 0 Å². The maximum absolute atomic E-state index is 12.8. The molecule has 1 aromatic carbocycles. The molecule has 0 radical (unpaired) electrons. The fraction of sp³-hybridized carbons (Fsp3) is 0.667. The number of carbonyl (C=O) groups excluding carboxylic acids is 1. The van der Waals surface area contributed by atoms with Gasteiger partial charge in [-0.2, -0.15) is 0 Å². The summed E-state index contributed by atoms with van der Waals surface area (Å²) in [6, 6.07) is 7.88. The van der Waals surface area contributed by atoms with Crippen molar-refractivity contribution in [3.05, 3.63) is 35.4 Å². The Labute approximate surface area is 204 Å². The van der Waals surface area contributed by atoms with Gasteiger partial charge in [-0.25, -0.2) is 0 Å². The van der Waals surface area contributed by atoms with Crippen molar-refractivity contribution in [2.24, 2.45) is 10.4 Å². The van der Waals surface area contributed by atoms with Crippen molar-refractivity contribution in [3.63, 3.8) is 0 Å². The number of morpholine rings is 1. The van der Waals surface area contributed by atoms with Crippen LogP contribution in [0.5, 0.6) is 0 Å². The normalized spacial score (nSPS) is 23.2. The van der Waals surface area contributed by atoms with Gasteiger partial charge in [0.2, 0.25) is 0 Å². The van der Waals surface area contributed by atoms with Gasteiger partial charge in [0.05, 0.1) is 12.2 Å². The van der Waals surface area contributed by atoms with Crippen molar-refractivity contribution in [2.45, 2.75) is 71.6 Å². The van der Waals surface area contributed by atoms with Crippen molar-refractivity contribution < 1.29 is 9.53 Å². The molecule has 1 saturated heterocycles. The van der Waals surface area contributed by atoms with Crippen molar-refractivity contribution in [1.82, 2.24) is 15.5 Å². The Morgan fingerprint density at radius 1 is 1.13 bits per heavy atom. The number of rotatable bonds is 6. The summed E-state index contributed by atoms with van der Waals surface area (Å²) in [5.41, 5.74) is 2.28. The summed E-state index contributed by atoms with van der Waals surface area (Å²) in [4.78, 5) is 19.1. The molecule has 0 bridgehead atoms. The summed E-state index contributed by atoms with van der Waals surface area (Å²) < 4.78 is 5.73. The lowest BCUT2D eigenvalue weighted by molar-refractivity contribution is -0.0586. The average molecular weight is 543 g/mol. The number of nitrogens with zero attached hydrogens (tertiary/aromatic N) is 2. The lowest BCUT2D eigenvalue weighted by Gasteiger charge is -2.35. The SMILES string of the molecule is CCC1(CNC(=NC)NCc2ccc(C(=O)N3CC(C)OC(C)C3)cc2)CCCC1.I. The summed E-state index contributed by atoms with van der Waals surface area (Å²) in [6.45, 7) is 9.28. The van der Waals surface area contributed by atoms with Gasteiger partial charge in [-0.05, 0) is 56.2 Å². The highest BCUT2D eigenvalue weighted by Gasteiger charge is 2.32.